The van der Waals surface area contributed by atoms with Crippen LogP contribution in [-0.4, -0.2) is 63.6 Å². The number of rotatable bonds is 4. The van der Waals surface area contributed by atoms with Crippen LogP contribution in [0.1, 0.15) is 24.3 Å². The zero-order valence-electron chi connectivity index (χ0n) is 12.3. The molecule has 116 valence electrons. The maximum atomic E-state index is 12.6. The van der Waals surface area contributed by atoms with E-state index in [1.54, 1.807) is 11.8 Å². The Bertz CT molecular complexity index is 536. The molecule has 1 aliphatic heterocycles. The number of aryl methyl sites for hydroxylation is 1. The average molecular weight is 358 g/mol. The van der Waals surface area contributed by atoms with Gasteiger partial charge in [0.1, 0.15) is 11.7 Å². The smallest absolute Gasteiger partial charge is 0.320 e. The van der Waals surface area contributed by atoms with Gasteiger partial charge in [-0.25, -0.2) is 0 Å². The van der Waals surface area contributed by atoms with E-state index in [2.05, 4.69) is 15.9 Å². The Morgan fingerprint density at radius 2 is 1.95 bits per heavy atom. The SMILES string of the molecule is CCn1cc(Br)cc1C(=O)N1CCN(C(C)C(=O)O)CC1. The molecule has 7 heteroatoms. The van der Waals surface area contributed by atoms with Crippen molar-refractivity contribution in [2.75, 3.05) is 26.2 Å². The van der Waals surface area contributed by atoms with Crippen LogP contribution in [0.2, 0.25) is 0 Å². The normalized spacial score (nSPS) is 17.8. The van der Waals surface area contributed by atoms with Crippen molar-refractivity contribution in [2.24, 2.45) is 0 Å². The maximum absolute atomic E-state index is 12.6. The van der Waals surface area contributed by atoms with Gasteiger partial charge in [0.05, 0.1) is 0 Å². The number of carbonyl (C=O) groups is 2. The Hall–Kier alpha value is -1.34. The first-order valence-electron chi connectivity index (χ1n) is 7.05. The molecule has 0 radical (unpaired) electrons. The highest BCUT2D eigenvalue weighted by molar-refractivity contribution is 9.10. The molecular formula is C14H20BrN3O3. The first-order valence-corrected chi connectivity index (χ1v) is 7.85. The first kappa shape index (κ1) is 16.0. The summed E-state index contributed by atoms with van der Waals surface area (Å²) in [5.74, 6) is -0.816. The monoisotopic (exact) mass is 357 g/mol. The number of hydrogen-bond donors (Lipinski definition) is 1. The number of carboxylic acids is 1. The van der Waals surface area contributed by atoms with Crippen molar-refractivity contribution in [3.63, 3.8) is 0 Å². The molecule has 1 unspecified atom stereocenters. The second-order valence-electron chi connectivity index (χ2n) is 5.17. The van der Waals surface area contributed by atoms with Crippen LogP contribution >= 0.6 is 15.9 Å². The van der Waals surface area contributed by atoms with E-state index in [9.17, 15) is 9.59 Å². The summed E-state index contributed by atoms with van der Waals surface area (Å²) in [7, 11) is 0. The summed E-state index contributed by atoms with van der Waals surface area (Å²) in [5, 5.41) is 9.03. The molecule has 1 saturated heterocycles. The molecule has 2 rings (SSSR count). The average Bonchev–Trinajstić information content (AvgIpc) is 2.86. The van der Waals surface area contributed by atoms with E-state index >= 15 is 0 Å². The third-order valence-corrected chi connectivity index (χ3v) is 4.36. The number of nitrogens with zero attached hydrogens (tertiary/aromatic N) is 3. The molecule has 1 N–H and O–H groups in total. The minimum absolute atomic E-state index is 0.00479. The zero-order chi connectivity index (χ0) is 15.6. The van der Waals surface area contributed by atoms with Crippen molar-refractivity contribution < 1.29 is 14.7 Å². The quantitative estimate of drug-likeness (QED) is 0.886. The minimum Gasteiger partial charge on any atom is -0.480 e. The van der Waals surface area contributed by atoms with Gasteiger partial charge < -0.3 is 14.6 Å². The van der Waals surface area contributed by atoms with Crippen molar-refractivity contribution >= 4 is 27.8 Å². The van der Waals surface area contributed by atoms with Crippen molar-refractivity contribution in [2.45, 2.75) is 26.4 Å². The van der Waals surface area contributed by atoms with E-state index in [0.717, 1.165) is 11.0 Å². The number of piperazine rings is 1. The molecule has 2 heterocycles. The molecule has 0 spiro atoms. The van der Waals surface area contributed by atoms with Crippen LogP contribution in [-0.2, 0) is 11.3 Å². The van der Waals surface area contributed by atoms with Crippen LogP contribution in [0.3, 0.4) is 0 Å². The fraction of sp³-hybridized carbons (Fsp3) is 0.571. The van der Waals surface area contributed by atoms with Crippen molar-refractivity contribution in [1.82, 2.24) is 14.4 Å². The zero-order valence-corrected chi connectivity index (χ0v) is 13.8. The van der Waals surface area contributed by atoms with Crippen LogP contribution in [0.15, 0.2) is 16.7 Å². The van der Waals surface area contributed by atoms with E-state index in [1.165, 1.54) is 0 Å². The van der Waals surface area contributed by atoms with Gasteiger partial charge in [0, 0.05) is 43.4 Å². The van der Waals surface area contributed by atoms with Crippen molar-refractivity contribution in [1.29, 1.82) is 0 Å². The number of amides is 1. The van der Waals surface area contributed by atoms with E-state index in [-0.39, 0.29) is 5.91 Å². The molecule has 0 aliphatic carbocycles. The van der Waals surface area contributed by atoms with Crippen molar-refractivity contribution in [3.05, 3.63) is 22.4 Å². The largest absolute Gasteiger partial charge is 0.480 e. The van der Waals surface area contributed by atoms with Crippen LogP contribution in [0, 0.1) is 0 Å². The highest BCUT2D eigenvalue weighted by Crippen LogP contribution is 2.18. The molecule has 1 aliphatic rings. The number of halogens is 1. The van der Waals surface area contributed by atoms with E-state index in [4.69, 9.17) is 5.11 Å². The molecule has 1 aromatic heterocycles. The first-order chi connectivity index (χ1) is 9.93. The fourth-order valence-electron chi connectivity index (χ4n) is 2.55. The molecular weight excluding hydrogens is 338 g/mol. The number of aromatic nitrogens is 1. The van der Waals surface area contributed by atoms with Gasteiger partial charge in [-0.2, -0.15) is 0 Å². The summed E-state index contributed by atoms with van der Waals surface area (Å²) in [4.78, 5) is 27.2. The van der Waals surface area contributed by atoms with Gasteiger partial charge >= 0.3 is 5.97 Å². The topological polar surface area (TPSA) is 65.8 Å². The number of hydrogen-bond acceptors (Lipinski definition) is 3. The van der Waals surface area contributed by atoms with Gasteiger partial charge in [0.15, 0.2) is 0 Å². The van der Waals surface area contributed by atoms with Gasteiger partial charge in [0.25, 0.3) is 5.91 Å². The number of aliphatic carboxylic acids is 1. The van der Waals surface area contributed by atoms with Gasteiger partial charge in [-0.15, -0.1) is 0 Å². The standard InChI is InChI=1S/C14H20BrN3O3/c1-3-16-9-11(15)8-12(16)13(19)18-6-4-17(5-7-18)10(2)14(20)21/h8-10H,3-7H2,1-2H3,(H,20,21). The third-order valence-electron chi connectivity index (χ3n) is 3.93. The molecule has 6 nitrogen and oxygen atoms in total. The molecule has 21 heavy (non-hydrogen) atoms. The van der Waals surface area contributed by atoms with E-state index in [0.29, 0.717) is 31.9 Å². The molecule has 1 aromatic rings. The van der Waals surface area contributed by atoms with Gasteiger partial charge in [-0.3, -0.25) is 14.5 Å². The molecule has 0 saturated carbocycles. The van der Waals surface area contributed by atoms with E-state index in [1.807, 2.05) is 28.7 Å². The lowest BCUT2D eigenvalue weighted by molar-refractivity contribution is -0.143. The van der Waals surface area contributed by atoms with Crippen LogP contribution < -0.4 is 0 Å². The summed E-state index contributed by atoms with van der Waals surface area (Å²) in [6, 6.07) is 1.33. The van der Waals surface area contributed by atoms with Crippen molar-refractivity contribution in [3.8, 4) is 0 Å². The van der Waals surface area contributed by atoms with E-state index < -0.39 is 12.0 Å². The summed E-state index contributed by atoms with van der Waals surface area (Å²) in [5.41, 5.74) is 0.670. The Labute approximate surface area is 132 Å². The van der Waals surface area contributed by atoms with Crippen LogP contribution in [0.25, 0.3) is 0 Å². The molecule has 0 bridgehead atoms. The minimum atomic E-state index is -0.821. The Kier molecular flexibility index (Phi) is 5.05. The lowest BCUT2D eigenvalue weighted by Gasteiger charge is -2.36. The van der Waals surface area contributed by atoms with Crippen LogP contribution in [0.4, 0.5) is 0 Å². The number of carboxylic acid groups (broad SMARTS) is 1. The van der Waals surface area contributed by atoms with Gasteiger partial charge in [0.2, 0.25) is 0 Å². The Morgan fingerprint density at radius 3 is 2.48 bits per heavy atom. The molecule has 1 atom stereocenters. The Balaban J connectivity index is 2.01. The second kappa shape index (κ2) is 6.62. The number of carbonyl (C=O) groups excluding carboxylic acids is 1. The molecule has 0 aromatic carbocycles. The summed E-state index contributed by atoms with van der Waals surface area (Å²) in [6.45, 7) is 6.71. The fourth-order valence-corrected chi connectivity index (χ4v) is 3.01. The predicted octanol–water partition coefficient (Wildman–Crippen LogP) is 1.50. The second-order valence-corrected chi connectivity index (χ2v) is 6.09. The highest BCUT2D eigenvalue weighted by Gasteiger charge is 2.28. The van der Waals surface area contributed by atoms with Gasteiger partial charge in [-0.05, 0) is 35.8 Å². The highest BCUT2D eigenvalue weighted by atomic mass is 79.9. The summed E-state index contributed by atoms with van der Waals surface area (Å²) in [6.07, 6.45) is 1.90. The maximum Gasteiger partial charge on any atom is 0.320 e. The predicted molar refractivity (Wildman–Crippen MR) is 82.4 cm³/mol. The third kappa shape index (κ3) is 3.47. The summed E-state index contributed by atoms with van der Waals surface area (Å²) < 4.78 is 2.81. The van der Waals surface area contributed by atoms with Crippen LogP contribution in [0.5, 0.6) is 0 Å². The molecule has 1 fully saturated rings. The summed E-state index contributed by atoms with van der Waals surface area (Å²) >= 11 is 3.40. The lowest BCUT2D eigenvalue weighted by atomic mass is 10.2. The molecule has 1 amide bonds. The lowest BCUT2D eigenvalue weighted by Crippen LogP contribution is -2.53. The van der Waals surface area contributed by atoms with Gasteiger partial charge in [-0.1, -0.05) is 0 Å². The Morgan fingerprint density at radius 1 is 1.33 bits per heavy atom.